The van der Waals surface area contributed by atoms with Gasteiger partial charge in [-0.25, -0.2) is 0 Å². The van der Waals surface area contributed by atoms with Gasteiger partial charge >= 0.3 is 0 Å². The van der Waals surface area contributed by atoms with Gasteiger partial charge in [-0.2, -0.15) is 0 Å². The number of aromatic nitrogens is 2. The number of rotatable bonds is 2. The molecule has 1 N–H and O–H groups in total. The molecule has 4 rings (SSSR count). The van der Waals surface area contributed by atoms with Gasteiger partial charge in [0.2, 0.25) is 0 Å². The molecule has 5 heteroatoms. The Balaban J connectivity index is 0.00000144. The fourth-order valence-electron chi connectivity index (χ4n) is 3.80. The Morgan fingerprint density at radius 3 is 2.95 bits per heavy atom. The van der Waals surface area contributed by atoms with E-state index < -0.39 is 0 Å². The summed E-state index contributed by atoms with van der Waals surface area (Å²) < 4.78 is 6.13. The third-order valence-corrected chi connectivity index (χ3v) is 5.03. The van der Waals surface area contributed by atoms with Crippen molar-refractivity contribution in [1.82, 2.24) is 15.3 Å². The summed E-state index contributed by atoms with van der Waals surface area (Å²) >= 11 is 0. The van der Waals surface area contributed by atoms with Gasteiger partial charge in [0.15, 0.2) is 0 Å². The first-order valence-corrected chi connectivity index (χ1v) is 7.85. The number of nitrogens with zero attached hydrogens (tertiary/aromatic N) is 2. The molecule has 1 spiro atoms. The molecule has 118 valence electrons. The normalized spacial score (nSPS) is 23.5. The van der Waals surface area contributed by atoms with Crippen LogP contribution in [0.2, 0.25) is 0 Å². The van der Waals surface area contributed by atoms with Crippen molar-refractivity contribution in [3.8, 4) is 0 Å². The van der Waals surface area contributed by atoms with E-state index in [2.05, 4.69) is 21.4 Å². The van der Waals surface area contributed by atoms with E-state index in [1.165, 1.54) is 24.8 Å². The summed E-state index contributed by atoms with van der Waals surface area (Å²) in [6.07, 6.45) is 10.6. The smallest absolute Gasteiger partial charge is 0.0735 e. The molecular weight excluding hydrogens is 298 g/mol. The lowest BCUT2D eigenvalue weighted by molar-refractivity contribution is 0.0869. The van der Waals surface area contributed by atoms with Crippen LogP contribution in [0, 0.1) is 5.41 Å². The Morgan fingerprint density at radius 1 is 1.23 bits per heavy atom. The SMILES string of the molecule is Cl.c1cc2nccc(CC3CC4(CCNCC4)CO3)c2cn1. The molecule has 4 nitrogen and oxygen atoms in total. The molecule has 2 aliphatic rings. The van der Waals surface area contributed by atoms with E-state index >= 15 is 0 Å². The molecule has 4 heterocycles. The zero-order valence-corrected chi connectivity index (χ0v) is 13.4. The van der Waals surface area contributed by atoms with Crippen LogP contribution in [0.4, 0.5) is 0 Å². The van der Waals surface area contributed by atoms with Crippen molar-refractivity contribution >= 4 is 23.3 Å². The third kappa shape index (κ3) is 2.96. The van der Waals surface area contributed by atoms with Crippen LogP contribution in [0.15, 0.2) is 30.7 Å². The lowest BCUT2D eigenvalue weighted by Gasteiger charge is -2.32. The van der Waals surface area contributed by atoms with Crippen molar-refractivity contribution in [2.24, 2.45) is 5.41 Å². The largest absolute Gasteiger partial charge is 0.377 e. The standard InChI is InChI=1S/C17H21N3O.ClH/c1-6-20-16-2-5-19-11-15(16)13(1)9-14-10-17(12-21-14)3-7-18-8-4-17;/h1-2,5-6,11,14,18H,3-4,7-10,12H2;1H. The van der Waals surface area contributed by atoms with Crippen molar-refractivity contribution in [2.75, 3.05) is 19.7 Å². The van der Waals surface area contributed by atoms with E-state index in [1.54, 1.807) is 6.20 Å². The minimum absolute atomic E-state index is 0. The molecule has 0 amide bonds. The van der Waals surface area contributed by atoms with Gasteiger partial charge in [0, 0.05) is 24.0 Å². The van der Waals surface area contributed by atoms with E-state index in [1.807, 2.05) is 18.5 Å². The molecule has 2 saturated heterocycles. The maximum atomic E-state index is 6.13. The topological polar surface area (TPSA) is 47.0 Å². The molecule has 1 atom stereocenters. The number of halogens is 1. The van der Waals surface area contributed by atoms with Crippen molar-refractivity contribution in [3.05, 3.63) is 36.3 Å². The third-order valence-electron chi connectivity index (χ3n) is 5.03. The number of hydrogen-bond donors (Lipinski definition) is 1. The van der Waals surface area contributed by atoms with Crippen LogP contribution in [0.5, 0.6) is 0 Å². The van der Waals surface area contributed by atoms with Crippen LogP contribution in [0.3, 0.4) is 0 Å². The summed E-state index contributed by atoms with van der Waals surface area (Å²) in [5.74, 6) is 0. The first-order chi connectivity index (χ1) is 10.3. The molecule has 2 aromatic heterocycles. The number of ether oxygens (including phenoxy) is 1. The Bertz CT molecular complexity index is 637. The number of nitrogens with one attached hydrogen (secondary N) is 1. The minimum atomic E-state index is 0. The highest BCUT2D eigenvalue weighted by Crippen LogP contribution is 2.41. The van der Waals surface area contributed by atoms with Crippen LogP contribution >= 0.6 is 12.4 Å². The molecule has 0 aliphatic carbocycles. The molecule has 2 aromatic rings. The Hall–Kier alpha value is -1.23. The molecule has 2 fully saturated rings. The van der Waals surface area contributed by atoms with E-state index in [0.29, 0.717) is 11.5 Å². The summed E-state index contributed by atoms with van der Waals surface area (Å²) in [7, 11) is 0. The fourth-order valence-corrected chi connectivity index (χ4v) is 3.80. The predicted octanol–water partition coefficient (Wildman–Crippen LogP) is 2.75. The van der Waals surface area contributed by atoms with Gasteiger partial charge in [-0.05, 0) is 61.9 Å². The summed E-state index contributed by atoms with van der Waals surface area (Å²) in [4.78, 5) is 8.65. The first kappa shape index (κ1) is 15.7. The first-order valence-electron chi connectivity index (χ1n) is 7.85. The average molecular weight is 320 g/mol. The summed E-state index contributed by atoms with van der Waals surface area (Å²) in [6.45, 7) is 3.21. The highest BCUT2D eigenvalue weighted by atomic mass is 35.5. The van der Waals surface area contributed by atoms with Gasteiger partial charge in [0.25, 0.3) is 0 Å². The van der Waals surface area contributed by atoms with E-state index in [-0.39, 0.29) is 12.4 Å². The molecule has 2 aliphatic heterocycles. The van der Waals surface area contributed by atoms with Crippen LogP contribution in [-0.2, 0) is 11.2 Å². The van der Waals surface area contributed by atoms with E-state index in [4.69, 9.17) is 4.74 Å². The summed E-state index contributed by atoms with van der Waals surface area (Å²) in [5, 5.41) is 4.61. The second kappa shape index (κ2) is 6.49. The minimum Gasteiger partial charge on any atom is -0.377 e. The maximum Gasteiger partial charge on any atom is 0.0735 e. The monoisotopic (exact) mass is 319 g/mol. The number of fused-ring (bicyclic) bond motifs is 1. The van der Waals surface area contributed by atoms with Gasteiger partial charge < -0.3 is 10.1 Å². The lowest BCUT2D eigenvalue weighted by atomic mass is 9.76. The van der Waals surface area contributed by atoms with Gasteiger partial charge in [0.1, 0.15) is 0 Å². The molecular formula is C17H22ClN3O. The average Bonchev–Trinajstić information content (AvgIpc) is 2.91. The van der Waals surface area contributed by atoms with Crippen molar-refractivity contribution < 1.29 is 4.74 Å². The Morgan fingerprint density at radius 2 is 2.09 bits per heavy atom. The number of hydrogen-bond acceptors (Lipinski definition) is 4. The van der Waals surface area contributed by atoms with Crippen molar-refractivity contribution in [3.63, 3.8) is 0 Å². The fraction of sp³-hybridized carbons (Fsp3) is 0.529. The molecule has 0 bridgehead atoms. The van der Waals surface area contributed by atoms with Crippen LogP contribution in [0.1, 0.15) is 24.8 Å². The second-order valence-corrected chi connectivity index (χ2v) is 6.45. The quantitative estimate of drug-likeness (QED) is 0.924. The van der Waals surface area contributed by atoms with Crippen molar-refractivity contribution in [2.45, 2.75) is 31.8 Å². The number of piperidine rings is 1. The van der Waals surface area contributed by atoms with Gasteiger partial charge in [0.05, 0.1) is 18.2 Å². The van der Waals surface area contributed by atoms with Gasteiger partial charge in [-0.1, -0.05) is 0 Å². The Kier molecular flexibility index (Phi) is 4.62. The molecule has 1 unspecified atom stereocenters. The van der Waals surface area contributed by atoms with Crippen molar-refractivity contribution in [1.29, 1.82) is 0 Å². The van der Waals surface area contributed by atoms with Gasteiger partial charge in [-0.15, -0.1) is 12.4 Å². The van der Waals surface area contributed by atoms with Crippen LogP contribution < -0.4 is 5.32 Å². The Labute approximate surface area is 137 Å². The van der Waals surface area contributed by atoms with Crippen LogP contribution in [0.25, 0.3) is 10.9 Å². The van der Waals surface area contributed by atoms with Gasteiger partial charge in [-0.3, -0.25) is 9.97 Å². The van der Waals surface area contributed by atoms with E-state index in [0.717, 1.165) is 37.0 Å². The lowest BCUT2D eigenvalue weighted by Crippen LogP contribution is -2.37. The summed E-state index contributed by atoms with van der Waals surface area (Å²) in [5.41, 5.74) is 2.76. The second-order valence-electron chi connectivity index (χ2n) is 6.45. The zero-order valence-electron chi connectivity index (χ0n) is 12.6. The maximum absolute atomic E-state index is 6.13. The molecule has 22 heavy (non-hydrogen) atoms. The van der Waals surface area contributed by atoms with E-state index in [9.17, 15) is 0 Å². The highest BCUT2D eigenvalue weighted by Gasteiger charge is 2.40. The number of pyridine rings is 2. The molecule has 0 saturated carbocycles. The molecule has 0 aromatic carbocycles. The highest BCUT2D eigenvalue weighted by molar-refractivity contribution is 5.85. The summed E-state index contributed by atoms with van der Waals surface area (Å²) in [6, 6.07) is 4.09. The van der Waals surface area contributed by atoms with Crippen LogP contribution in [-0.4, -0.2) is 35.8 Å². The zero-order chi connectivity index (χ0) is 14.1. The predicted molar refractivity (Wildman–Crippen MR) is 89.4 cm³/mol. The molecule has 0 radical (unpaired) electrons.